The van der Waals surface area contributed by atoms with Crippen LogP contribution in [0.5, 0.6) is 0 Å². The van der Waals surface area contributed by atoms with Gasteiger partial charge in [-0.1, -0.05) is 43.5 Å². The fraction of sp³-hybridized carbons (Fsp3) is 0.200. The van der Waals surface area contributed by atoms with Gasteiger partial charge in [0.05, 0.1) is 12.6 Å². The predicted octanol–water partition coefficient (Wildman–Crippen LogP) is 6.65. The Morgan fingerprint density at radius 1 is 0.938 bits per heavy atom. The lowest BCUT2D eigenvalue weighted by Crippen LogP contribution is -2.31. The molecule has 0 saturated heterocycles. The molecule has 5 rings (SSSR count). The largest absolute Gasteiger partial charge is 0.390 e. The van der Waals surface area contributed by atoms with Gasteiger partial charge in [-0.2, -0.15) is 0 Å². The fourth-order valence-corrected chi connectivity index (χ4v) is 5.26. The van der Waals surface area contributed by atoms with Crippen LogP contribution in [-0.4, -0.2) is 33.9 Å². The number of hydrogen-bond donors (Lipinski definition) is 3. The summed E-state index contributed by atoms with van der Waals surface area (Å²) in [5, 5.41) is 18.4. The van der Waals surface area contributed by atoms with Gasteiger partial charge in [-0.15, -0.1) is 0 Å². The summed E-state index contributed by atoms with van der Waals surface area (Å²) in [4.78, 5) is 3.29. The number of aromatic amines is 1. The van der Waals surface area contributed by atoms with Gasteiger partial charge in [0.2, 0.25) is 0 Å². The first-order valence-corrected chi connectivity index (χ1v) is 12.5. The van der Waals surface area contributed by atoms with E-state index in [4.69, 9.17) is 11.6 Å². The van der Waals surface area contributed by atoms with Crippen LogP contribution in [0.3, 0.4) is 0 Å². The van der Waals surface area contributed by atoms with Gasteiger partial charge in [0.25, 0.3) is 0 Å². The van der Waals surface area contributed by atoms with Crippen LogP contribution in [0, 0.1) is 0 Å². The van der Waals surface area contributed by atoms with E-state index in [1.54, 1.807) is 0 Å². The topological polar surface area (TPSA) is 53.0 Å². The van der Waals surface area contributed by atoms with Crippen molar-refractivity contribution in [1.29, 1.82) is 0 Å². The predicted molar refractivity (Wildman–Crippen MR) is 141 cm³/mol. The maximum atomic E-state index is 10.8. The number of aliphatic hydroxyl groups excluding tert-OH is 1. The van der Waals surface area contributed by atoms with Crippen molar-refractivity contribution >= 4 is 76.2 Å². The highest BCUT2D eigenvalue weighted by atomic mass is 79.9. The summed E-state index contributed by atoms with van der Waals surface area (Å²) in [5.74, 6) is 0. The summed E-state index contributed by atoms with van der Waals surface area (Å²) in [6, 6.07) is 18.5. The highest BCUT2D eigenvalue weighted by Crippen LogP contribution is 2.33. The van der Waals surface area contributed by atoms with Crippen LogP contribution in [0.4, 0.5) is 0 Å². The molecule has 1 atom stereocenters. The number of aliphatic hydroxyl groups is 1. The maximum absolute atomic E-state index is 10.8. The molecule has 0 aliphatic heterocycles. The second-order valence-electron chi connectivity index (χ2n) is 8.05. The third kappa shape index (κ3) is 4.35. The second-order valence-corrected chi connectivity index (χ2v) is 10.3. The van der Waals surface area contributed by atoms with E-state index in [1.165, 1.54) is 16.3 Å². The highest BCUT2D eigenvalue weighted by molar-refractivity contribution is 9.10. The van der Waals surface area contributed by atoms with Crippen LogP contribution in [0.2, 0.25) is 5.02 Å². The van der Waals surface area contributed by atoms with Crippen molar-refractivity contribution in [3.63, 3.8) is 0 Å². The first kappa shape index (κ1) is 22.0. The maximum Gasteiger partial charge on any atom is 0.0843 e. The number of H-pyrrole nitrogens is 1. The van der Waals surface area contributed by atoms with Crippen molar-refractivity contribution in [2.24, 2.45) is 0 Å². The molecule has 3 aromatic carbocycles. The SMILES string of the molecule is O[C@H](CNCCc1c[nH]c2ccc(Cl)cc12)Cn1c2ccc(Br)cc2c2cc(Br)ccc21. The third-order valence-corrected chi connectivity index (χ3v) is 7.08. The average molecular weight is 576 g/mol. The minimum Gasteiger partial charge on any atom is -0.390 e. The normalized spacial score (nSPS) is 12.9. The molecule has 0 unspecified atom stereocenters. The Hall–Kier alpha value is -1.83. The molecule has 0 aliphatic carbocycles. The van der Waals surface area contributed by atoms with E-state index in [0.29, 0.717) is 13.1 Å². The standard InChI is InChI=1S/C25H22Br2ClN3O/c26-16-1-5-24-21(9-16)22-10-17(27)2-6-25(22)31(24)14-19(32)13-29-8-7-15-12-30-23-4-3-18(28)11-20(15)23/h1-6,9-12,19,29-30,32H,7-8,13-14H2/t19-/m1/s1. The quantitative estimate of drug-likeness (QED) is 0.191. The summed E-state index contributed by atoms with van der Waals surface area (Å²) in [5.41, 5.74) is 4.56. The van der Waals surface area contributed by atoms with Gasteiger partial charge in [-0.25, -0.2) is 0 Å². The van der Waals surface area contributed by atoms with Crippen LogP contribution in [0.15, 0.2) is 69.7 Å². The van der Waals surface area contributed by atoms with E-state index in [9.17, 15) is 5.11 Å². The number of nitrogens with one attached hydrogen (secondary N) is 2. The molecular formula is C25H22Br2ClN3O. The minimum absolute atomic E-state index is 0.501. The Morgan fingerprint density at radius 2 is 1.62 bits per heavy atom. The number of rotatable bonds is 7. The van der Waals surface area contributed by atoms with Crippen molar-refractivity contribution in [3.8, 4) is 0 Å². The number of benzene rings is 3. The van der Waals surface area contributed by atoms with E-state index >= 15 is 0 Å². The van der Waals surface area contributed by atoms with E-state index < -0.39 is 6.10 Å². The van der Waals surface area contributed by atoms with Gasteiger partial charge < -0.3 is 20.0 Å². The first-order valence-electron chi connectivity index (χ1n) is 10.5. The number of fused-ring (bicyclic) bond motifs is 4. The summed E-state index contributed by atoms with van der Waals surface area (Å²) in [7, 11) is 0. The zero-order valence-corrected chi connectivity index (χ0v) is 21.1. The molecule has 2 heterocycles. The fourth-order valence-electron chi connectivity index (χ4n) is 4.37. The molecule has 4 nitrogen and oxygen atoms in total. The van der Waals surface area contributed by atoms with Gasteiger partial charge in [0.15, 0.2) is 0 Å². The van der Waals surface area contributed by atoms with Crippen LogP contribution in [0.1, 0.15) is 5.56 Å². The Bertz CT molecular complexity index is 1370. The van der Waals surface area contributed by atoms with Gasteiger partial charge in [0, 0.05) is 59.4 Å². The van der Waals surface area contributed by atoms with Crippen LogP contribution in [-0.2, 0) is 13.0 Å². The van der Waals surface area contributed by atoms with Gasteiger partial charge >= 0.3 is 0 Å². The number of hydrogen-bond acceptors (Lipinski definition) is 2. The molecule has 2 aromatic heterocycles. The Balaban J connectivity index is 1.28. The zero-order valence-electron chi connectivity index (χ0n) is 17.2. The van der Waals surface area contributed by atoms with Gasteiger partial charge in [0.1, 0.15) is 0 Å². The van der Waals surface area contributed by atoms with Gasteiger partial charge in [-0.05, 0) is 73.1 Å². The Labute approximate surface area is 207 Å². The minimum atomic E-state index is -0.501. The van der Waals surface area contributed by atoms with Gasteiger partial charge in [-0.3, -0.25) is 0 Å². The van der Waals surface area contributed by atoms with Crippen molar-refractivity contribution in [2.45, 2.75) is 19.1 Å². The lowest BCUT2D eigenvalue weighted by Gasteiger charge is -2.15. The molecule has 0 bridgehead atoms. The van der Waals surface area contributed by atoms with Crippen molar-refractivity contribution in [1.82, 2.24) is 14.9 Å². The number of halogens is 3. The molecule has 164 valence electrons. The van der Waals surface area contributed by atoms with Crippen molar-refractivity contribution in [2.75, 3.05) is 13.1 Å². The highest BCUT2D eigenvalue weighted by Gasteiger charge is 2.14. The zero-order chi connectivity index (χ0) is 22.2. The second kappa shape index (κ2) is 9.20. The van der Waals surface area contributed by atoms with E-state index in [-0.39, 0.29) is 0 Å². The smallest absolute Gasteiger partial charge is 0.0843 e. The molecule has 0 aliphatic rings. The van der Waals surface area contributed by atoms with E-state index in [0.717, 1.165) is 48.9 Å². The lowest BCUT2D eigenvalue weighted by atomic mass is 10.1. The molecule has 0 spiro atoms. The molecule has 0 radical (unpaired) electrons. The first-order chi connectivity index (χ1) is 15.5. The van der Waals surface area contributed by atoms with Crippen LogP contribution in [0.25, 0.3) is 32.7 Å². The van der Waals surface area contributed by atoms with E-state index in [1.807, 2.05) is 36.5 Å². The van der Waals surface area contributed by atoms with Crippen LogP contribution < -0.4 is 5.32 Å². The molecule has 32 heavy (non-hydrogen) atoms. The monoisotopic (exact) mass is 573 g/mol. The van der Waals surface area contributed by atoms with E-state index in [2.05, 4.69) is 71.0 Å². The average Bonchev–Trinajstić information content (AvgIpc) is 3.29. The molecule has 0 saturated carbocycles. The molecule has 3 N–H and O–H groups in total. The molecule has 5 aromatic rings. The number of aromatic nitrogens is 2. The lowest BCUT2D eigenvalue weighted by molar-refractivity contribution is 0.154. The van der Waals surface area contributed by atoms with Crippen molar-refractivity contribution in [3.05, 3.63) is 80.3 Å². The summed E-state index contributed by atoms with van der Waals surface area (Å²) in [6.07, 6.45) is 2.40. The molecular weight excluding hydrogens is 554 g/mol. The van der Waals surface area contributed by atoms with Crippen molar-refractivity contribution < 1.29 is 5.11 Å². The molecule has 0 amide bonds. The summed E-state index contributed by atoms with van der Waals surface area (Å²) in [6.45, 7) is 1.83. The Morgan fingerprint density at radius 3 is 2.31 bits per heavy atom. The molecule has 0 fully saturated rings. The molecule has 7 heteroatoms. The third-order valence-electron chi connectivity index (χ3n) is 5.86. The summed E-state index contributed by atoms with van der Waals surface area (Å²) >= 11 is 13.3. The van der Waals surface area contributed by atoms with Crippen LogP contribution >= 0.6 is 43.5 Å². The Kier molecular flexibility index (Phi) is 6.32. The summed E-state index contributed by atoms with van der Waals surface area (Å²) < 4.78 is 4.30. The number of nitrogens with zero attached hydrogens (tertiary/aromatic N) is 1.